The lowest BCUT2D eigenvalue weighted by molar-refractivity contribution is -0.201. The van der Waals surface area contributed by atoms with Crippen molar-refractivity contribution in [3.05, 3.63) is 0 Å². The summed E-state index contributed by atoms with van der Waals surface area (Å²) in [7, 11) is -22.5. The predicted molar refractivity (Wildman–Crippen MR) is 226 cm³/mol. The summed E-state index contributed by atoms with van der Waals surface area (Å²) < 4.78 is 179. The van der Waals surface area contributed by atoms with Crippen LogP contribution in [0.5, 0.6) is 0 Å². The van der Waals surface area contributed by atoms with Crippen LogP contribution in [-0.4, -0.2) is 152 Å². The Hall–Kier alpha value is -3.92. The van der Waals surface area contributed by atoms with Crippen molar-refractivity contribution in [3.8, 4) is 0 Å². The van der Waals surface area contributed by atoms with Crippen molar-refractivity contribution in [3.63, 3.8) is 0 Å². The fourth-order valence-corrected chi connectivity index (χ4v) is 9.37. The van der Waals surface area contributed by atoms with Gasteiger partial charge in [0, 0.05) is 55.4 Å². The Morgan fingerprint density at radius 1 is 0.392 bits per heavy atom. The zero-order valence-electron chi connectivity index (χ0n) is 40.9. The second-order valence-corrected chi connectivity index (χ2v) is 20.4. The van der Waals surface area contributed by atoms with Gasteiger partial charge in [-0.2, -0.15) is 0 Å². The largest absolute Gasteiger partial charge is 0.481 e. The maximum Gasteiger partial charge on any atom is 0.481 e. The summed E-state index contributed by atoms with van der Waals surface area (Å²) in [6, 6.07) is 0. The molecule has 0 spiro atoms. The first-order chi connectivity index (χ1) is 34.6. The van der Waals surface area contributed by atoms with Crippen molar-refractivity contribution < 1.29 is 163 Å². The molecule has 7 atom stereocenters. The van der Waals surface area contributed by atoms with Crippen LogP contribution in [-0.2, 0) is 163 Å². The molecule has 0 amide bonds. The second kappa shape index (κ2) is 32.0. The topological polar surface area (TPSA) is 420 Å². The van der Waals surface area contributed by atoms with Crippen LogP contribution in [0.25, 0.3) is 0 Å². The van der Waals surface area contributed by atoms with E-state index in [9.17, 15) is 56.6 Å². The highest BCUT2D eigenvalue weighted by Crippen LogP contribution is 2.66. The molecule has 426 valence electrons. The first-order valence-corrected chi connectivity index (χ1v) is 26.7. The summed E-state index contributed by atoms with van der Waals surface area (Å²) in [6.07, 6.45) is -11.9. The maximum atomic E-state index is 14.9. The van der Waals surface area contributed by atoms with Crippen LogP contribution in [0.2, 0.25) is 0 Å². The summed E-state index contributed by atoms with van der Waals surface area (Å²) in [5, 5.41) is 0. The fraction of sp³-hybridized carbons (Fsp3) is 0.771. The molecule has 0 aromatic rings. The van der Waals surface area contributed by atoms with Crippen LogP contribution in [0.4, 0.5) is 0 Å². The molecule has 1 aliphatic heterocycles. The van der Waals surface area contributed by atoms with E-state index >= 15 is 0 Å². The van der Waals surface area contributed by atoms with Crippen molar-refractivity contribution in [1.29, 1.82) is 0 Å². The molecule has 74 heavy (non-hydrogen) atoms. The summed E-state index contributed by atoms with van der Waals surface area (Å²) >= 11 is 0. The van der Waals surface area contributed by atoms with Gasteiger partial charge in [-0.3, -0.25) is 61.0 Å². The number of phosphoric acid groups is 4. The van der Waals surface area contributed by atoms with Gasteiger partial charge in [-0.25, -0.2) is 49.9 Å². The Kier molecular flexibility index (Phi) is 28.6. The number of hydrogen-bond acceptors (Lipinski definition) is 35. The van der Waals surface area contributed by atoms with Gasteiger partial charge < -0.3 is 52.1 Å². The molecule has 0 radical (unpaired) electrons. The van der Waals surface area contributed by atoms with Crippen molar-refractivity contribution in [1.82, 2.24) is 0 Å². The number of ether oxygens (including phenoxy) is 11. The lowest BCUT2D eigenvalue weighted by Gasteiger charge is -2.43. The number of rotatable bonds is 38. The molecule has 2 unspecified atom stereocenters. The van der Waals surface area contributed by atoms with Gasteiger partial charge in [-0.15, -0.1) is 0 Å². The number of carbonyl (C=O) groups is 8. The van der Waals surface area contributed by atoms with E-state index in [1.165, 1.54) is 0 Å². The Balaban J connectivity index is 3.20. The second-order valence-electron chi connectivity index (χ2n) is 13.9. The number of carbonyl (C=O) groups excluding carboxylic acids is 8. The quantitative estimate of drug-likeness (QED) is 0.0214. The highest BCUT2D eigenvalue weighted by Gasteiger charge is 2.79. The number of hydrogen-bond donors (Lipinski definition) is 0. The number of esters is 8. The van der Waals surface area contributed by atoms with E-state index in [2.05, 4.69) is 4.74 Å². The highest BCUT2D eigenvalue weighted by molar-refractivity contribution is 7.49. The zero-order chi connectivity index (χ0) is 55.8. The molecular formula is C35H56O35P4. The van der Waals surface area contributed by atoms with Crippen LogP contribution >= 0.6 is 31.3 Å². The molecule has 1 aliphatic carbocycles. The smallest absolute Gasteiger partial charge is 0.439 e. The maximum absolute atomic E-state index is 14.9. The SMILES string of the molecule is CCCCOC12O[C@@H]1[C@H](OP(=O)(OCOC(C)=O)OCOC(C)=O)[C@@H](OP(=O)(OCOC(C)=O)OCOC(C)=O)[C@H](OP(=O)(OCOCOC(C)=O)OCOC(C)=O)[C@H]2OP(=O)(OCOC(C)=O)OCOC(C)=O. The lowest BCUT2D eigenvalue weighted by atomic mass is 9.87. The molecule has 2 aliphatic rings. The Morgan fingerprint density at radius 3 is 1.00 bits per heavy atom. The van der Waals surface area contributed by atoms with E-state index in [0.29, 0.717) is 6.42 Å². The van der Waals surface area contributed by atoms with Gasteiger partial charge in [0.15, 0.2) is 19.7 Å². The first kappa shape index (κ1) is 66.2. The molecule has 35 nitrogen and oxygen atoms in total. The van der Waals surface area contributed by atoms with Crippen LogP contribution < -0.4 is 0 Å². The molecule has 2 fully saturated rings. The summed E-state index contributed by atoms with van der Waals surface area (Å²) in [5.41, 5.74) is 0. The van der Waals surface area contributed by atoms with E-state index in [1.807, 2.05) is 0 Å². The Morgan fingerprint density at radius 2 is 0.676 bits per heavy atom. The Bertz CT molecular complexity index is 2030. The van der Waals surface area contributed by atoms with Gasteiger partial charge in [0.05, 0.1) is 6.61 Å². The van der Waals surface area contributed by atoms with Crippen molar-refractivity contribution in [2.24, 2.45) is 0 Å². The number of unbranched alkanes of at least 4 members (excludes halogenated alkanes) is 1. The molecule has 0 aromatic carbocycles. The van der Waals surface area contributed by atoms with E-state index in [1.54, 1.807) is 6.92 Å². The fourth-order valence-electron chi connectivity index (χ4n) is 4.96. The minimum Gasteiger partial charge on any atom is -0.439 e. The van der Waals surface area contributed by atoms with Gasteiger partial charge >= 0.3 is 79.0 Å². The van der Waals surface area contributed by atoms with Crippen LogP contribution in [0, 0.1) is 0 Å². The molecule has 1 heterocycles. The van der Waals surface area contributed by atoms with Gasteiger partial charge in [0.2, 0.25) is 53.3 Å². The molecule has 1 saturated heterocycles. The molecular weight excluding hydrogens is 1100 g/mol. The van der Waals surface area contributed by atoms with Crippen LogP contribution in [0.1, 0.15) is 75.2 Å². The van der Waals surface area contributed by atoms with E-state index < -0.39 is 176 Å². The third kappa shape index (κ3) is 24.8. The minimum absolute atomic E-state index is 0.149. The average molecular weight is 1160 g/mol. The van der Waals surface area contributed by atoms with Crippen molar-refractivity contribution >= 4 is 79.0 Å². The molecule has 1 saturated carbocycles. The number of phosphoric ester groups is 4. The number of fused-ring (bicyclic) bond motifs is 1. The van der Waals surface area contributed by atoms with Crippen molar-refractivity contribution in [2.75, 3.05) is 67.7 Å². The van der Waals surface area contributed by atoms with Gasteiger partial charge in [0.25, 0.3) is 0 Å². The van der Waals surface area contributed by atoms with Gasteiger partial charge in [-0.05, 0) is 6.42 Å². The summed E-state index contributed by atoms with van der Waals surface area (Å²) in [4.78, 5) is 93.9. The normalized spacial score (nSPS) is 21.2. The number of epoxide rings is 1. The average Bonchev–Trinajstić information content (AvgIpc) is 4.00. The van der Waals surface area contributed by atoms with Crippen LogP contribution in [0.3, 0.4) is 0 Å². The summed E-state index contributed by atoms with van der Waals surface area (Å²) in [6.45, 7) is -2.50. The minimum atomic E-state index is -5.69. The van der Waals surface area contributed by atoms with E-state index in [4.69, 9.17) is 102 Å². The van der Waals surface area contributed by atoms with Gasteiger partial charge in [-0.1, -0.05) is 13.3 Å². The molecule has 39 heteroatoms. The molecule has 0 bridgehead atoms. The van der Waals surface area contributed by atoms with E-state index in [0.717, 1.165) is 55.4 Å². The first-order valence-electron chi connectivity index (χ1n) is 20.9. The van der Waals surface area contributed by atoms with Gasteiger partial charge in [0.1, 0.15) is 24.4 Å². The highest BCUT2D eigenvalue weighted by atomic mass is 31.2. The standard InChI is InChI=1S/C35H56O35P4/c1-10-11-12-57-35-33(66-35)31(68-73(46,62-18-53-26(6)40)63-19-54-27(7)41)30(67-72(45,60-16-51-24(4)38)61-17-52-25(5)39)32(34(35)70-74(47,64-20-55-28(8)42)65-21-56-29(9)43)69-71(44,59-15-50-23(3)37)58-14-48-13-49-22(2)36/h30-34H,10-21H2,1-9H3/t30-,31-,32+,33-,34-,35?,71?/m1/s1. The molecule has 0 aromatic heterocycles. The third-order valence-electron chi connectivity index (χ3n) is 8.06. The monoisotopic (exact) mass is 1160 g/mol. The molecule has 2 rings (SSSR count). The van der Waals surface area contributed by atoms with E-state index in [-0.39, 0.29) is 13.0 Å². The zero-order valence-corrected chi connectivity index (χ0v) is 44.5. The summed E-state index contributed by atoms with van der Waals surface area (Å²) in [5.74, 6) is -10.8. The lowest BCUT2D eigenvalue weighted by Crippen LogP contribution is -2.62. The van der Waals surface area contributed by atoms with Crippen molar-refractivity contribution in [2.45, 2.75) is 111 Å². The predicted octanol–water partition coefficient (Wildman–Crippen LogP) is 3.16. The molecule has 0 N–H and O–H groups in total. The Labute approximate surface area is 420 Å². The van der Waals surface area contributed by atoms with Crippen LogP contribution in [0.15, 0.2) is 0 Å². The third-order valence-corrected chi connectivity index (χ3v) is 13.4.